The van der Waals surface area contributed by atoms with Crippen LogP contribution in [0.2, 0.25) is 0 Å². The standard InChI is InChI=1S/C9H11N5O2/c1-5(2)13-8-4-6(14(15)16)3-7(10)9(8)11-12-13/h3-5H,10H2,1-2H3. The van der Waals surface area contributed by atoms with Crippen LogP contribution >= 0.6 is 0 Å². The van der Waals surface area contributed by atoms with E-state index in [-0.39, 0.29) is 17.4 Å². The summed E-state index contributed by atoms with van der Waals surface area (Å²) in [7, 11) is 0. The fourth-order valence-electron chi connectivity index (χ4n) is 1.54. The fraction of sp³-hybridized carbons (Fsp3) is 0.333. The quantitative estimate of drug-likeness (QED) is 0.470. The van der Waals surface area contributed by atoms with Gasteiger partial charge in [0.1, 0.15) is 5.52 Å². The Morgan fingerprint density at radius 1 is 1.50 bits per heavy atom. The second-order valence-corrected chi connectivity index (χ2v) is 3.79. The van der Waals surface area contributed by atoms with Crippen LogP contribution in [0, 0.1) is 10.1 Å². The highest BCUT2D eigenvalue weighted by Gasteiger charge is 2.16. The van der Waals surface area contributed by atoms with Crippen molar-refractivity contribution >= 4 is 22.4 Å². The Kier molecular flexibility index (Phi) is 2.22. The first-order valence-electron chi connectivity index (χ1n) is 4.79. The van der Waals surface area contributed by atoms with Gasteiger partial charge in [-0.1, -0.05) is 5.21 Å². The van der Waals surface area contributed by atoms with Gasteiger partial charge in [0.2, 0.25) is 0 Å². The number of rotatable bonds is 2. The number of non-ortho nitro benzene ring substituents is 1. The second kappa shape index (κ2) is 3.44. The molecular formula is C9H11N5O2. The van der Waals surface area contributed by atoms with E-state index in [1.165, 1.54) is 12.1 Å². The van der Waals surface area contributed by atoms with Crippen molar-refractivity contribution in [1.82, 2.24) is 15.0 Å². The van der Waals surface area contributed by atoms with Gasteiger partial charge < -0.3 is 5.73 Å². The number of fused-ring (bicyclic) bond motifs is 1. The molecule has 2 rings (SSSR count). The van der Waals surface area contributed by atoms with E-state index in [9.17, 15) is 10.1 Å². The number of nitro groups is 1. The minimum Gasteiger partial charge on any atom is -0.397 e. The van der Waals surface area contributed by atoms with Crippen LogP contribution in [0.3, 0.4) is 0 Å². The summed E-state index contributed by atoms with van der Waals surface area (Å²) in [5.41, 5.74) is 7.00. The van der Waals surface area contributed by atoms with Crippen LogP contribution < -0.4 is 5.73 Å². The highest BCUT2D eigenvalue weighted by molar-refractivity contribution is 5.89. The lowest BCUT2D eigenvalue weighted by Crippen LogP contribution is -2.03. The number of nitrogens with two attached hydrogens (primary N) is 1. The molecule has 0 aliphatic rings. The molecule has 1 aromatic carbocycles. The summed E-state index contributed by atoms with van der Waals surface area (Å²) in [6, 6.07) is 2.80. The third kappa shape index (κ3) is 1.46. The molecular weight excluding hydrogens is 210 g/mol. The predicted octanol–water partition coefficient (Wildman–Crippen LogP) is 1.50. The van der Waals surface area contributed by atoms with E-state index >= 15 is 0 Å². The van der Waals surface area contributed by atoms with Crippen LogP contribution in [0.25, 0.3) is 11.0 Å². The van der Waals surface area contributed by atoms with E-state index in [4.69, 9.17) is 5.73 Å². The molecule has 0 aliphatic carbocycles. The number of nitrogens with zero attached hydrogens (tertiary/aromatic N) is 4. The van der Waals surface area contributed by atoms with Gasteiger partial charge in [-0.2, -0.15) is 0 Å². The van der Waals surface area contributed by atoms with Gasteiger partial charge in [0.05, 0.1) is 16.1 Å². The van der Waals surface area contributed by atoms with Gasteiger partial charge in [0, 0.05) is 18.2 Å². The summed E-state index contributed by atoms with van der Waals surface area (Å²) in [6.07, 6.45) is 0. The van der Waals surface area contributed by atoms with Crippen molar-refractivity contribution in [2.45, 2.75) is 19.9 Å². The minimum absolute atomic E-state index is 0.0470. The maximum atomic E-state index is 10.7. The predicted molar refractivity (Wildman–Crippen MR) is 59.0 cm³/mol. The van der Waals surface area contributed by atoms with Crippen LogP contribution in [0.15, 0.2) is 12.1 Å². The average Bonchev–Trinajstić information content (AvgIpc) is 2.61. The zero-order valence-corrected chi connectivity index (χ0v) is 8.91. The molecule has 84 valence electrons. The van der Waals surface area contributed by atoms with Gasteiger partial charge in [-0.15, -0.1) is 5.10 Å². The Morgan fingerprint density at radius 2 is 2.19 bits per heavy atom. The van der Waals surface area contributed by atoms with E-state index in [0.29, 0.717) is 11.0 Å². The molecule has 2 aromatic rings. The normalized spacial score (nSPS) is 11.2. The lowest BCUT2D eigenvalue weighted by Gasteiger charge is -2.05. The van der Waals surface area contributed by atoms with Gasteiger partial charge in [-0.3, -0.25) is 10.1 Å². The number of anilines is 1. The minimum atomic E-state index is -0.479. The number of hydrogen-bond donors (Lipinski definition) is 1. The third-order valence-electron chi connectivity index (χ3n) is 2.29. The van der Waals surface area contributed by atoms with Crippen molar-refractivity contribution in [3.05, 3.63) is 22.2 Å². The molecule has 16 heavy (non-hydrogen) atoms. The van der Waals surface area contributed by atoms with Crippen LogP contribution in [-0.2, 0) is 0 Å². The highest BCUT2D eigenvalue weighted by atomic mass is 16.6. The molecule has 1 heterocycles. The molecule has 7 heteroatoms. The molecule has 0 saturated carbocycles. The van der Waals surface area contributed by atoms with E-state index in [2.05, 4.69) is 10.3 Å². The van der Waals surface area contributed by atoms with Crippen molar-refractivity contribution < 1.29 is 4.92 Å². The van der Waals surface area contributed by atoms with Crippen molar-refractivity contribution in [1.29, 1.82) is 0 Å². The molecule has 0 atom stereocenters. The van der Waals surface area contributed by atoms with Crippen LogP contribution in [0.4, 0.5) is 11.4 Å². The number of aromatic nitrogens is 3. The lowest BCUT2D eigenvalue weighted by atomic mass is 10.2. The highest BCUT2D eigenvalue weighted by Crippen LogP contribution is 2.26. The topological polar surface area (TPSA) is 99.9 Å². The molecule has 0 unspecified atom stereocenters. The van der Waals surface area contributed by atoms with Crippen molar-refractivity contribution in [2.75, 3.05) is 5.73 Å². The molecule has 0 bridgehead atoms. The van der Waals surface area contributed by atoms with Gasteiger partial charge >= 0.3 is 0 Å². The molecule has 1 aromatic heterocycles. The van der Waals surface area contributed by atoms with Crippen LogP contribution in [-0.4, -0.2) is 19.9 Å². The molecule has 2 N–H and O–H groups in total. The van der Waals surface area contributed by atoms with Gasteiger partial charge in [-0.25, -0.2) is 4.68 Å². The molecule has 7 nitrogen and oxygen atoms in total. The molecule has 0 spiro atoms. The van der Waals surface area contributed by atoms with Gasteiger partial charge in [-0.05, 0) is 13.8 Å². The van der Waals surface area contributed by atoms with Crippen molar-refractivity contribution in [3.63, 3.8) is 0 Å². The molecule has 0 fully saturated rings. The zero-order valence-electron chi connectivity index (χ0n) is 8.91. The maximum absolute atomic E-state index is 10.7. The largest absolute Gasteiger partial charge is 0.397 e. The molecule has 0 saturated heterocycles. The van der Waals surface area contributed by atoms with Gasteiger partial charge in [0.15, 0.2) is 0 Å². The maximum Gasteiger partial charge on any atom is 0.273 e. The first-order valence-corrected chi connectivity index (χ1v) is 4.79. The fourth-order valence-corrected chi connectivity index (χ4v) is 1.54. The van der Waals surface area contributed by atoms with E-state index < -0.39 is 4.92 Å². The van der Waals surface area contributed by atoms with Crippen LogP contribution in [0.1, 0.15) is 19.9 Å². The van der Waals surface area contributed by atoms with Crippen molar-refractivity contribution in [3.8, 4) is 0 Å². The summed E-state index contributed by atoms with van der Waals surface area (Å²) in [5, 5.41) is 18.5. The van der Waals surface area contributed by atoms with Gasteiger partial charge in [0.25, 0.3) is 5.69 Å². The monoisotopic (exact) mass is 221 g/mol. The number of nitro benzene ring substituents is 1. The first-order chi connectivity index (χ1) is 7.50. The average molecular weight is 221 g/mol. The molecule has 0 amide bonds. The summed E-state index contributed by atoms with van der Waals surface area (Å²) in [5.74, 6) is 0. The Bertz CT molecular complexity index is 560. The number of nitrogen functional groups attached to an aromatic ring is 1. The Hall–Kier alpha value is -2.18. The molecule has 0 radical (unpaired) electrons. The first kappa shape index (κ1) is 10.3. The zero-order chi connectivity index (χ0) is 11.9. The SMILES string of the molecule is CC(C)n1nnc2c(N)cc([N+](=O)[O-])cc21. The van der Waals surface area contributed by atoms with Crippen LogP contribution in [0.5, 0.6) is 0 Å². The Morgan fingerprint density at radius 3 is 2.75 bits per heavy atom. The summed E-state index contributed by atoms with van der Waals surface area (Å²) in [6.45, 7) is 3.84. The third-order valence-corrected chi connectivity index (χ3v) is 2.29. The summed E-state index contributed by atoms with van der Waals surface area (Å²) in [4.78, 5) is 10.2. The second-order valence-electron chi connectivity index (χ2n) is 3.79. The molecule has 0 aliphatic heterocycles. The number of benzene rings is 1. The smallest absolute Gasteiger partial charge is 0.273 e. The lowest BCUT2D eigenvalue weighted by molar-refractivity contribution is -0.384. The Balaban J connectivity index is 2.76. The summed E-state index contributed by atoms with van der Waals surface area (Å²) < 4.78 is 1.61. The van der Waals surface area contributed by atoms with Crippen molar-refractivity contribution in [2.24, 2.45) is 0 Å². The van der Waals surface area contributed by atoms with E-state index in [0.717, 1.165) is 0 Å². The Labute approximate surface area is 91.0 Å². The van der Waals surface area contributed by atoms with E-state index in [1.54, 1.807) is 4.68 Å². The van der Waals surface area contributed by atoms with E-state index in [1.807, 2.05) is 13.8 Å². The summed E-state index contributed by atoms with van der Waals surface area (Å²) >= 11 is 0. The number of hydrogen-bond acceptors (Lipinski definition) is 5.